The van der Waals surface area contributed by atoms with Crippen LogP contribution in [-0.2, 0) is 0 Å². The average molecular weight is 249 g/mol. The molecule has 0 spiro atoms. The summed E-state index contributed by atoms with van der Waals surface area (Å²) in [5.74, 6) is -0.125. The topological polar surface area (TPSA) is 12.0 Å². The normalized spacial score (nSPS) is 12.4. The molecule has 18 heavy (non-hydrogen) atoms. The first kappa shape index (κ1) is 14.9. The molecule has 1 nitrogen and oxygen atoms in total. The Balaban J connectivity index is 2.49. The minimum atomic E-state index is -0.125. The van der Waals surface area contributed by atoms with Crippen molar-refractivity contribution in [3.8, 4) is 0 Å². The molecule has 0 aliphatic heterocycles. The zero-order valence-electron chi connectivity index (χ0n) is 11.5. The van der Waals surface area contributed by atoms with Crippen molar-refractivity contribution in [1.82, 2.24) is 5.32 Å². The number of rotatable bonds is 8. The van der Waals surface area contributed by atoms with Crippen LogP contribution in [0.5, 0.6) is 0 Å². The van der Waals surface area contributed by atoms with Crippen LogP contribution in [0, 0.1) is 12.7 Å². The number of benzene rings is 1. The summed E-state index contributed by atoms with van der Waals surface area (Å²) < 4.78 is 13.2. The number of hydrogen-bond acceptors (Lipinski definition) is 1. The molecule has 0 aliphatic carbocycles. The molecule has 0 fully saturated rings. The lowest BCUT2D eigenvalue weighted by Gasteiger charge is -2.17. The Morgan fingerprint density at radius 2 is 2.11 bits per heavy atom. The summed E-state index contributed by atoms with van der Waals surface area (Å²) in [4.78, 5) is 0. The molecule has 0 amide bonds. The highest BCUT2D eigenvalue weighted by Gasteiger charge is 2.10. The van der Waals surface area contributed by atoms with Gasteiger partial charge in [-0.25, -0.2) is 4.39 Å². The highest BCUT2D eigenvalue weighted by molar-refractivity contribution is 5.26. The quantitative estimate of drug-likeness (QED) is 0.527. The van der Waals surface area contributed by atoms with Crippen LogP contribution < -0.4 is 5.32 Å². The van der Waals surface area contributed by atoms with E-state index in [2.05, 4.69) is 11.9 Å². The molecule has 1 rings (SSSR count). The van der Waals surface area contributed by atoms with Crippen LogP contribution in [0.2, 0.25) is 0 Å². The largest absolute Gasteiger partial charge is 0.313 e. The summed E-state index contributed by atoms with van der Waals surface area (Å²) in [5.41, 5.74) is 1.90. The SMILES string of the molecule is C=CCCCCCC(NC)c1ccc(F)c(C)c1. The third-order valence-electron chi connectivity index (χ3n) is 3.33. The van der Waals surface area contributed by atoms with Crippen molar-refractivity contribution < 1.29 is 4.39 Å². The van der Waals surface area contributed by atoms with Gasteiger partial charge < -0.3 is 5.32 Å². The molecule has 1 N–H and O–H groups in total. The van der Waals surface area contributed by atoms with Crippen molar-refractivity contribution in [3.63, 3.8) is 0 Å². The van der Waals surface area contributed by atoms with Crippen LogP contribution in [0.25, 0.3) is 0 Å². The molecule has 0 heterocycles. The van der Waals surface area contributed by atoms with E-state index >= 15 is 0 Å². The van der Waals surface area contributed by atoms with E-state index in [1.165, 1.54) is 24.8 Å². The van der Waals surface area contributed by atoms with Crippen molar-refractivity contribution in [3.05, 3.63) is 47.8 Å². The van der Waals surface area contributed by atoms with E-state index in [0.29, 0.717) is 6.04 Å². The molecule has 0 saturated carbocycles. The predicted octanol–water partition coefficient (Wildman–Crippen LogP) is 4.53. The lowest BCUT2D eigenvalue weighted by Crippen LogP contribution is -2.16. The molecule has 100 valence electrons. The fraction of sp³-hybridized carbons (Fsp3) is 0.500. The summed E-state index contributed by atoms with van der Waals surface area (Å²) >= 11 is 0. The Morgan fingerprint density at radius 1 is 1.33 bits per heavy atom. The minimum Gasteiger partial charge on any atom is -0.313 e. The molecular weight excluding hydrogens is 225 g/mol. The zero-order chi connectivity index (χ0) is 13.4. The van der Waals surface area contributed by atoms with Crippen molar-refractivity contribution in [2.75, 3.05) is 7.05 Å². The lowest BCUT2D eigenvalue weighted by atomic mass is 9.98. The van der Waals surface area contributed by atoms with E-state index in [0.717, 1.165) is 18.4 Å². The third kappa shape index (κ3) is 4.61. The van der Waals surface area contributed by atoms with E-state index in [-0.39, 0.29) is 5.82 Å². The average Bonchev–Trinajstić information content (AvgIpc) is 2.37. The Hall–Kier alpha value is -1.15. The summed E-state index contributed by atoms with van der Waals surface area (Å²) in [6.45, 7) is 5.54. The summed E-state index contributed by atoms with van der Waals surface area (Å²) in [5, 5.41) is 3.31. The van der Waals surface area contributed by atoms with Gasteiger partial charge in [0.15, 0.2) is 0 Å². The van der Waals surface area contributed by atoms with Crippen LogP contribution in [-0.4, -0.2) is 7.05 Å². The van der Waals surface area contributed by atoms with Crippen molar-refractivity contribution in [1.29, 1.82) is 0 Å². The Bertz CT molecular complexity index is 373. The Kier molecular flexibility index (Phi) is 6.66. The van der Waals surface area contributed by atoms with Crippen molar-refractivity contribution in [2.24, 2.45) is 0 Å². The number of nitrogens with one attached hydrogen (secondary N) is 1. The highest BCUT2D eigenvalue weighted by atomic mass is 19.1. The first-order valence-corrected chi connectivity index (χ1v) is 6.73. The molecule has 0 aliphatic rings. The molecule has 0 aromatic heterocycles. The number of unbranched alkanes of at least 4 members (excludes halogenated alkanes) is 3. The van der Waals surface area contributed by atoms with Gasteiger partial charge in [0.25, 0.3) is 0 Å². The first-order valence-electron chi connectivity index (χ1n) is 6.73. The Morgan fingerprint density at radius 3 is 2.72 bits per heavy atom. The number of hydrogen-bond donors (Lipinski definition) is 1. The van der Waals surface area contributed by atoms with Crippen LogP contribution in [0.4, 0.5) is 4.39 Å². The summed E-state index contributed by atoms with van der Waals surface area (Å²) in [7, 11) is 1.97. The van der Waals surface area contributed by atoms with Gasteiger partial charge in [0.05, 0.1) is 0 Å². The molecule has 0 saturated heterocycles. The van der Waals surface area contributed by atoms with Gasteiger partial charge in [-0.05, 0) is 50.4 Å². The maximum absolute atomic E-state index is 13.2. The molecule has 1 aromatic carbocycles. The fourth-order valence-corrected chi connectivity index (χ4v) is 2.18. The molecule has 2 heteroatoms. The molecule has 1 unspecified atom stereocenters. The lowest BCUT2D eigenvalue weighted by molar-refractivity contribution is 0.506. The van der Waals surface area contributed by atoms with Gasteiger partial charge in [-0.2, -0.15) is 0 Å². The van der Waals surface area contributed by atoms with Crippen LogP contribution in [0.15, 0.2) is 30.9 Å². The van der Waals surface area contributed by atoms with Gasteiger partial charge in [-0.15, -0.1) is 6.58 Å². The van der Waals surface area contributed by atoms with Crippen molar-refractivity contribution in [2.45, 2.75) is 45.1 Å². The van der Waals surface area contributed by atoms with Gasteiger partial charge in [0, 0.05) is 6.04 Å². The summed E-state index contributed by atoms with van der Waals surface area (Å²) in [6, 6.07) is 5.72. The molecular formula is C16H24FN. The maximum Gasteiger partial charge on any atom is 0.126 e. The van der Waals surface area contributed by atoms with E-state index in [1.54, 1.807) is 6.07 Å². The zero-order valence-corrected chi connectivity index (χ0v) is 11.5. The van der Waals surface area contributed by atoms with Gasteiger partial charge in [0.1, 0.15) is 5.82 Å². The molecule has 0 radical (unpaired) electrons. The smallest absolute Gasteiger partial charge is 0.126 e. The first-order chi connectivity index (χ1) is 8.69. The van der Waals surface area contributed by atoms with Crippen LogP contribution >= 0.6 is 0 Å². The highest BCUT2D eigenvalue weighted by Crippen LogP contribution is 2.21. The van der Waals surface area contributed by atoms with E-state index in [4.69, 9.17) is 0 Å². The second-order valence-corrected chi connectivity index (χ2v) is 4.78. The molecule has 0 bridgehead atoms. The molecule has 1 aromatic rings. The Labute approximate surface area is 110 Å². The second-order valence-electron chi connectivity index (χ2n) is 4.78. The van der Waals surface area contributed by atoms with Crippen molar-refractivity contribution >= 4 is 0 Å². The summed E-state index contributed by atoms with van der Waals surface area (Å²) in [6.07, 6.45) is 7.79. The van der Waals surface area contributed by atoms with E-state index in [1.807, 2.05) is 32.2 Å². The number of aryl methyl sites for hydroxylation is 1. The monoisotopic (exact) mass is 249 g/mol. The number of allylic oxidation sites excluding steroid dienone is 1. The number of halogens is 1. The third-order valence-corrected chi connectivity index (χ3v) is 3.33. The standard InChI is InChI=1S/C16H24FN/c1-4-5-6-7-8-9-16(18-3)14-10-11-15(17)13(2)12-14/h4,10-12,16,18H,1,5-9H2,2-3H3. The predicted molar refractivity (Wildman–Crippen MR) is 76.2 cm³/mol. The van der Waals surface area contributed by atoms with Gasteiger partial charge in [0.2, 0.25) is 0 Å². The van der Waals surface area contributed by atoms with Crippen LogP contribution in [0.3, 0.4) is 0 Å². The van der Waals surface area contributed by atoms with Gasteiger partial charge >= 0.3 is 0 Å². The molecule has 1 atom stereocenters. The van der Waals surface area contributed by atoms with Gasteiger partial charge in [-0.3, -0.25) is 0 Å². The van der Waals surface area contributed by atoms with Crippen LogP contribution in [0.1, 0.15) is 49.3 Å². The second kappa shape index (κ2) is 8.04. The van der Waals surface area contributed by atoms with E-state index in [9.17, 15) is 4.39 Å². The van der Waals surface area contributed by atoms with Gasteiger partial charge in [-0.1, -0.05) is 31.1 Å². The maximum atomic E-state index is 13.2. The minimum absolute atomic E-state index is 0.125. The fourth-order valence-electron chi connectivity index (χ4n) is 2.18. The van der Waals surface area contributed by atoms with E-state index < -0.39 is 0 Å².